The third kappa shape index (κ3) is 33.3. The van der Waals surface area contributed by atoms with E-state index in [2.05, 4.69) is 22.2 Å². The highest BCUT2D eigenvalue weighted by atomic mass is 32.3. The Balaban J connectivity index is 0. The van der Waals surface area contributed by atoms with Gasteiger partial charge >= 0.3 is 20.8 Å². The lowest BCUT2D eigenvalue weighted by Crippen LogP contribution is -2.04. The number of unbranched alkanes of at least 4 members (excludes halogenated alkanes) is 12. The molecule has 0 aliphatic carbocycles. The molecule has 0 heterocycles. The smallest absolute Gasteiger partial charge is 0.264 e. The summed E-state index contributed by atoms with van der Waals surface area (Å²) in [5.41, 5.74) is 0. The zero-order valence-corrected chi connectivity index (χ0v) is 19.1. The van der Waals surface area contributed by atoms with Gasteiger partial charge in [-0.2, -0.15) is 16.8 Å². The maximum atomic E-state index is 10.2. The van der Waals surface area contributed by atoms with Gasteiger partial charge in [-0.15, -0.1) is 0 Å². The van der Waals surface area contributed by atoms with Crippen LogP contribution >= 0.6 is 0 Å². The number of hydrogen-bond donors (Lipinski definition) is 2. The average molecular weight is 449 g/mol. The Morgan fingerprint density at radius 3 is 1.00 bits per heavy atom. The van der Waals surface area contributed by atoms with Crippen LogP contribution in [0.3, 0.4) is 0 Å². The molecule has 0 aromatic rings. The fraction of sp³-hybridized carbons (Fsp3) is 1.00. The van der Waals surface area contributed by atoms with E-state index in [1.165, 1.54) is 51.4 Å². The normalized spacial score (nSPS) is 11.9. The standard InChI is InChI=1S/C10H22O4S.C8H18O4S/c1-2-3-4-5-6-7-8-9-10-14-15(11,12)13;1-2-3-4-5-6-7-8-12-13(9,10)11/h2-10H2,1H3,(H,11,12,13);2-8H2,1H3,(H,9,10,11). The minimum Gasteiger partial charge on any atom is -0.264 e. The molecule has 0 unspecified atom stereocenters. The van der Waals surface area contributed by atoms with Crippen LogP contribution in [0.25, 0.3) is 0 Å². The van der Waals surface area contributed by atoms with Crippen molar-refractivity contribution in [2.24, 2.45) is 0 Å². The predicted molar refractivity (Wildman–Crippen MR) is 111 cm³/mol. The van der Waals surface area contributed by atoms with Gasteiger partial charge in [0.2, 0.25) is 0 Å². The first-order valence-corrected chi connectivity index (χ1v) is 13.1. The highest BCUT2D eigenvalue weighted by Crippen LogP contribution is 2.08. The van der Waals surface area contributed by atoms with Gasteiger partial charge in [0.1, 0.15) is 0 Å². The Labute approximate surface area is 172 Å². The van der Waals surface area contributed by atoms with Crippen LogP contribution in [0.2, 0.25) is 0 Å². The van der Waals surface area contributed by atoms with Gasteiger partial charge in [0.25, 0.3) is 0 Å². The largest absolute Gasteiger partial charge is 0.397 e. The lowest BCUT2D eigenvalue weighted by Gasteiger charge is -2.01. The first kappa shape index (κ1) is 29.9. The SMILES string of the molecule is CCCCCCCCCCOS(=O)(=O)O.CCCCCCCCOS(=O)(=O)O. The molecule has 28 heavy (non-hydrogen) atoms. The molecule has 0 saturated carbocycles. The molecule has 0 aromatic heterocycles. The van der Waals surface area contributed by atoms with Gasteiger partial charge in [-0.1, -0.05) is 90.9 Å². The van der Waals surface area contributed by atoms with Crippen LogP contribution in [0.15, 0.2) is 0 Å². The van der Waals surface area contributed by atoms with Crippen molar-refractivity contribution < 1.29 is 34.3 Å². The summed E-state index contributed by atoms with van der Waals surface area (Å²) in [6.45, 7) is 4.51. The second-order valence-electron chi connectivity index (χ2n) is 6.74. The Morgan fingerprint density at radius 1 is 0.500 bits per heavy atom. The first-order valence-electron chi connectivity index (χ1n) is 10.4. The molecular formula is C18H40O8S2. The first-order chi connectivity index (χ1) is 13.1. The van der Waals surface area contributed by atoms with Crippen LogP contribution in [0, 0.1) is 0 Å². The van der Waals surface area contributed by atoms with Crippen molar-refractivity contribution in [1.82, 2.24) is 0 Å². The van der Waals surface area contributed by atoms with Crippen LogP contribution in [0.5, 0.6) is 0 Å². The summed E-state index contributed by atoms with van der Waals surface area (Å²) in [6, 6.07) is 0. The molecule has 172 valence electrons. The van der Waals surface area contributed by atoms with Gasteiger partial charge in [-0.05, 0) is 12.8 Å². The Bertz CT molecular complexity index is 518. The zero-order chi connectivity index (χ0) is 21.7. The average Bonchev–Trinajstić information content (AvgIpc) is 2.58. The molecule has 0 radical (unpaired) electrons. The Kier molecular flexibility index (Phi) is 21.4. The molecule has 0 aliphatic rings. The van der Waals surface area contributed by atoms with Crippen molar-refractivity contribution in [1.29, 1.82) is 0 Å². The van der Waals surface area contributed by atoms with Crippen molar-refractivity contribution in [2.45, 2.75) is 104 Å². The minimum atomic E-state index is -4.23. The van der Waals surface area contributed by atoms with Gasteiger partial charge in [-0.3, -0.25) is 9.11 Å². The van der Waals surface area contributed by atoms with Crippen LogP contribution in [0.1, 0.15) is 104 Å². The van der Waals surface area contributed by atoms with Crippen molar-refractivity contribution in [2.75, 3.05) is 13.2 Å². The topological polar surface area (TPSA) is 127 Å². The summed E-state index contributed by atoms with van der Waals surface area (Å²) in [6.07, 6.45) is 15.4. The van der Waals surface area contributed by atoms with E-state index in [1.807, 2.05) is 0 Å². The molecule has 0 fully saturated rings. The highest BCUT2D eigenvalue weighted by Gasteiger charge is 2.03. The molecule has 2 N–H and O–H groups in total. The molecular weight excluding hydrogens is 408 g/mol. The molecule has 0 amide bonds. The zero-order valence-electron chi connectivity index (χ0n) is 17.5. The summed E-state index contributed by atoms with van der Waals surface area (Å²) in [5, 5.41) is 0. The monoisotopic (exact) mass is 448 g/mol. The number of hydrogen-bond acceptors (Lipinski definition) is 6. The third-order valence-corrected chi connectivity index (χ3v) is 4.89. The third-order valence-electron chi connectivity index (χ3n) is 3.96. The molecule has 0 saturated heterocycles. The van der Waals surface area contributed by atoms with E-state index in [0.717, 1.165) is 25.7 Å². The maximum Gasteiger partial charge on any atom is 0.397 e. The van der Waals surface area contributed by atoms with Crippen LogP contribution in [0.4, 0.5) is 0 Å². The lowest BCUT2D eigenvalue weighted by molar-refractivity contribution is 0.260. The van der Waals surface area contributed by atoms with Crippen LogP contribution in [-0.2, 0) is 29.2 Å². The summed E-state index contributed by atoms with van der Waals surface area (Å²) >= 11 is 0. The molecule has 0 bridgehead atoms. The van der Waals surface area contributed by atoms with Crippen LogP contribution < -0.4 is 0 Å². The van der Waals surface area contributed by atoms with E-state index in [9.17, 15) is 16.8 Å². The number of rotatable bonds is 18. The summed E-state index contributed by atoms with van der Waals surface area (Å²) < 4.78 is 65.4. The van der Waals surface area contributed by atoms with Gasteiger partial charge in [-0.25, -0.2) is 8.37 Å². The molecule has 0 atom stereocenters. The van der Waals surface area contributed by atoms with Crippen molar-refractivity contribution >= 4 is 20.8 Å². The van der Waals surface area contributed by atoms with Crippen molar-refractivity contribution in [3.63, 3.8) is 0 Å². The molecule has 0 aliphatic heterocycles. The van der Waals surface area contributed by atoms with E-state index in [-0.39, 0.29) is 13.2 Å². The van der Waals surface area contributed by atoms with Gasteiger partial charge in [0.05, 0.1) is 13.2 Å². The maximum absolute atomic E-state index is 10.2. The Morgan fingerprint density at radius 2 is 0.750 bits per heavy atom. The van der Waals surface area contributed by atoms with E-state index in [0.29, 0.717) is 12.8 Å². The molecule has 0 aromatic carbocycles. The predicted octanol–water partition coefficient (Wildman–Crippen LogP) is 5.11. The quantitative estimate of drug-likeness (QED) is 0.219. The van der Waals surface area contributed by atoms with E-state index < -0.39 is 20.8 Å². The molecule has 0 spiro atoms. The fourth-order valence-electron chi connectivity index (χ4n) is 2.45. The highest BCUT2D eigenvalue weighted by molar-refractivity contribution is 7.81. The molecule has 8 nitrogen and oxygen atoms in total. The fourth-order valence-corrected chi connectivity index (χ4v) is 3.10. The van der Waals surface area contributed by atoms with Crippen LogP contribution in [-0.4, -0.2) is 39.2 Å². The molecule has 0 rings (SSSR count). The summed E-state index contributed by atoms with van der Waals surface area (Å²) in [7, 11) is -8.45. The van der Waals surface area contributed by atoms with Gasteiger partial charge in [0, 0.05) is 0 Å². The summed E-state index contributed by atoms with van der Waals surface area (Å²) in [4.78, 5) is 0. The van der Waals surface area contributed by atoms with E-state index in [4.69, 9.17) is 9.11 Å². The minimum absolute atomic E-state index is 0.0883. The second kappa shape index (κ2) is 20.0. The lowest BCUT2D eigenvalue weighted by atomic mass is 10.1. The van der Waals surface area contributed by atoms with E-state index in [1.54, 1.807) is 0 Å². The second-order valence-corrected chi connectivity index (χ2v) is 8.92. The Hall–Kier alpha value is -0.260. The van der Waals surface area contributed by atoms with Crippen molar-refractivity contribution in [3.8, 4) is 0 Å². The van der Waals surface area contributed by atoms with Crippen molar-refractivity contribution in [3.05, 3.63) is 0 Å². The molecule has 10 heteroatoms. The van der Waals surface area contributed by atoms with Gasteiger partial charge < -0.3 is 0 Å². The summed E-state index contributed by atoms with van der Waals surface area (Å²) in [5.74, 6) is 0. The van der Waals surface area contributed by atoms with Gasteiger partial charge in [0.15, 0.2) is 0 Å². The van der Waals surface area contributed by atoms with E-state index >= 15 is 0 Å².